The van der Waals surface area contributed by atoms with E-state index < -0.39 is 0 Å². The van der Waals surface area contributed by atoms with Crippen LogP contribution in [0.15, 0.2) is 0 Å². The van der Waals surface area contributed by atoms with Crippen LogP contribution in [0.1, 0.15) is 47.5 Å². The molecule has 1 heterocycles. The predicted molar refractivity (Wildman–Crippen MR) is 84.7 cm³/mol. The Kier molecular flexibility index (Phi) is 6.78. The van der Waals surface area contributed by atoms with Crippen molar-refractivity contribution in [2.45, 2.75) is 59.5 Å². The zero-order chi connectivity index (χ0) is 14.5. The summed E-state index contributed by atoms with van der Waals surface area (Å²) in [5, 5.41) is 3.49. The second-order valence-electron chi connectivity index (χ2n) is 6.96. The fourth-order valence-corrected chi connectivity index (χ4v) is 3.38. The molecule has 0 aromatic rings. The van der Waals surface area contributed by atoms with Gasteiger partial charge in [-0.05, 0) is 51.5 Å². The van der Waals surface area contributed by atoms with E-state index in [1.54, 1.807) is 0 Å². The van der Waals surface area contributed by atoms with Crippen LogP contribution >= 0.6 is 0 Å². The van der Waals surface area contributed by atoms with Crippen LogP contribution in [0.25, 0.3) is 0 Å². The lowest BCUT2D eigenvalue weighted by atomic mass is 9.85. The second-order valence-corrected chi connectivity index (χ2v) is 6.96. The van der Waals surface area contributed by atoms with Crippen molar-refractivity contribution >= 4 is 0 Å². The summed E-state index contributed by atoms with van der Waals surface area (Å²) in [7, 11) is 2.10. The van der Waals surface area contributed by atoms with Crippen molar-refractivity contribution < 1.29 is 0 Å². The first-order valence-corrected chi connectivity index (χ1v) is 8.06. The molecule has 0 radical (unpaired) electrons. The fraction of sp³-hybridized carbons (Fsp3) is 1.00. The molecule has 114 valence electrons. The smallest absolute Gasteiger partial charge is 0.0235 e. The van der Waals surface area contributed by atoms with Gasteiger partial charge in [0, 0.05) is 18.6 Å². The van der Waals surface area contributed by atoms with E-state index >= 15 is 0 Å². The molecule has 0 aliphatic carbocycles. The van der Waals surface area contributed by atoms with Gasteiger partial charge in [-0.3, -0.25) is 4.90 Å². The molecule has 3 heteroatoms. The van der Waals surface area contributed by atoms with Gasteiger partial charge in [0.1, 0.15) is 0 Å². The molecule has 0 aromatic carbocycles. The van der Waals surface area contributed by atoms with Crippen LogP contribution < -0.4 is 5.32 Å². The van der Waals surface area contributed by atoms with E-state index in [2.05, 4.69) is 56.8 Å². The number of hydrogen-bond donors (Lipinski definition) is 1. The molecule has 1 aliphatic heterocycles. The fourth-order valence-electron chi connectivity index (χ4n) is 3.38. The Labute approximate surface area is 120 Å². The van der Waals surface area contributed by atoms with Gasteiger partial charge in [-0.15, -0.1) is 0 Å². The third-order valence-electron chi connectivity index (χ3n) is 4.70. The number of likely N-dealkylation sites (tertiary alicyclic amines) is 1. The molecule has 1 fully saturated rings. The Morgan fingerprint density at radius 3 is 2.37 bits per heavy atom. The summed E-state index contributed by atoms with van der Waals surface area (Å²) in [4.78, 5) is 5.26. The van der Waals surface area contributed by atoms with Crippen LogP contribution in [-0.2, 0) is 0 Å². The van der Waals surface area contributed by atoms with E-state index in [0.29, 0.717) is 11.5 Å². The topological polar surface area (TPSA) is 18.5 Å². The minimum Gasteiger partial charge on any atom is -0.316 e. The first-order chi connectivity index (χ1) is 8.92. The molecule has 0 bridgehead atoms. The second kappa shape index (κ2) is 7.61. The number of likely N-dealkylation sites (N-methyl/N-ethyl adjacent to an activating group) is 1. The monoisotopic (exact) mass is 269 g/mol. The molecule has 1 aliphatic rings. The number of nitrogens with zero attached hydrogens (tertiary/aromatic N) is 2. The van der Waals surface area contributed by atoms with E-state index in [1.165, 1.54) is 45.6 Å². The molecular formula is C16H35N3. The molecular weight excluding hydrogens is 234 g/mol. The summed E-state index contributed by atoms with van der Waals surface area (Å²) in [5.74, 6) is 0. The highest BCUT2D eigenvalue weighted by Crippen LogP contribution is 2.23. The van der Waals surface area contributed by atoms with Gasteiger partial charge in [0.25, 0.3) is 0 Å². The number of hydrogen-bond acceptors (Lipinski definition) is 3. The summed E-state index contributed by atoms with van der Waals surface area (Å²) in [6.45, 7) is 17.7. The van der Waals surface area contributed by atoms with Crippen molar-refractivity contribution in [1.82, 2.24) is 15.1 Å². The molecule has 1 N–H and O–H groups in total. The Bertz CT molecular complexity index is 243. The van der Waals surface area contributed by atoms with Crippen LogP contribution in [0.3, 0.4) is 0 Å². The number of nitrogens with one attached hydrogen (secondary N) is 1. The predicted octanol–water partition coefficient (Wildman–Crippen LogP) is 2.43. The number of rotatable bonds is 7. The molecule has 1 saturated heterocycles. The van der Waals surface area contributed by atoms with Crippen LogP contribution in [0.5, 0.6) is 0 Å². The highest BCUT2D eigenvalue weighted by molar-refractivity contribution is 4.85. The zero-order valence-corrected chi connectivity index (χ0v) is 14.0. The van der Waals surface area contributed by atoms with Crippen LogP contribution in [0.2, 0.25) is 0 Å². The standard InChI is InChI=1S/C16H35N3/c1-7-19(8-2)14-9-11-18(13-14)12-10-15(17-6)16(3,4)5/h14-15,17H,7-13H2,1-6H3. The maximum absolute atomic E-state index is 3.49. The van der Waals surface area contributed by atoms with Crippen molar-refractivity contribution in [3.63, 3.8) is 0 Å². The van der Waals surface area contributed by atoms with Gasteiger partial charge in [-0.2, -0.15) is 0 Å². The Morgan fingerprint density at radius 1 is 1.26 bits per heavy atom. The lowest BCUT2D eigenvalue weighted by Gasteiger charge is -2.32. The SMILES string of the molecule is CCN(CC)C1CCN(CCC(NC)C(C)(C)C)C1. The highest BCUT2D eigenvalue weighted by atomic mass is 15.2. The Balaban J connectivity index is 2.36. The molecule has 0 spiro atoms. The van der Waals surface area contributed by atoms with Gasteiger partial charge in [0.05, 0.1) is 0 Å². The zero-order valence-electron chi connectivity index (χ0n) is 14.0. The summed E-state index contributed by atoms with van der Waals surface area (Å²) >= 11 is 0. The highest BCUT2D eigenvalue weighted by Gasteiger charge is 2.28. The van der Waals surface area contributed by atoms with Gasteiger partial charge in [-0.25, -0.2) is 0 Å². The molecule has 0 aromatic heterocycles. The van der Waals surface area contributed by atoms with E-state index in [9.17, 15) is 0 Å². The van der Waals surface area contributed by atoms with E-state index in [0.717, 1.165) is 6.04 Å². The average Bonchev–Trinajstić information content (AvgIpc) is 2.78. The van der Waals surface area contributed by atoms with Gasteiger partial charge < -0.3 is 10.2 Å². The van der Waals surface area contributed by atoms with Crippen molar-refractivity contribution in [3.05, 3.63) is 0 Å². The van der Waals surface area contributed by atoms with E-state index in [-0.39, 0.29) is 0 Å². The lowest BCUT2D eigenvalue weighted by molar-refractivity contribution is 0.197. The van der Waals surface area contributed by atoms with Crippen molar-refractivity contribution in [1.29, 1.82) is 0 Å². The largest absolute Gasteiger partial charge is 0.316 e. The third kappa shape index (κ3) is 5.05. The van der Waals surface area contributed by atoms with Crippen molar-refractivity contribution in [2.24, 2.45) is 5.41 Å². The lowest BCUT2D eigenvalue weighted by Crippen LogP contribution is -2.41. The Hall–Kier alpha value is -0.120. The summed E-state index contributed by atoms with van der Waals surface area (Å²) in [5.41, 5.74) is 0.354. The van der Waals surface area contributed by atoms with Crippen molar-refractivity contribution in [3.8, 4) is 0 Å². The molecule has 0 saturated carbocycles. The summed E-state index contributed by atoms with van der Waals surface area (Å²) < 4.78 is 0. The molecule has 19 heavy (non-hydrogen) atoms. The van der Waals surface area contributed by atoms with Gasteiger partial charge in [0.15, 0.2) is 0 Å². The van der Waals surface area contributed by atoms with Crippen LogP contribution in [0, 0.1) is 5.41 Å². The quantitative estimate of drug-likeness (QED) is 0.766. The average molecular weight is 269 g/mol. The normalized spacial score (nSPS) is 23.2. The van der Waals surface area contributed by atoms with Crippen molar-refractivity contribution in [2.75, 3.05) is 39.8 Å². The van der Waals surface area contributed by atoms with E-state index in [4.69, 9.17) is 0 Å². The third-order valence-corrected chi connectivity index (χ3v) is 4.70. The summed E-state index contributed by atoms with van der Waals surface area (Å²) in [6, 6.07) is 1.40. The molecule has 1 rings (SSSR count). The van der Waals surface area contributed by atoms with Gasteiger partial charge in [-0.1, -0.05) is 34.6 Å². The van der Waals surface area contributed by atoms with Gasteiger partial charge in [0.2, 0.25) is 0 Å². The van der Waals surface area contributed by atoms with Crippen LogP contribution in [-0.4, -0.2) is 61.7 Å². The van der Waals surface area contributed by atoms with Crippen LogP contribution in [0.4, 0.5) is 0 Å². The molecule has 0 amide bonds. The van der Waals surface area contributed by atoms with Gasteiger partial charge >= 0.3 is 0 Å². The molecule has 2 atom stereocenters. The summed E-state index contributed by atoms with van der Waals surface area (Å²) in [6.07, 6.45) is 2.60. The maximum atomic E-state index is 3.49. The Morgan fingerprint density at radius 2 is 1.89 bits per heavy atom. The first-order valence-electron chi connectivity index (χ1n) is 8.06. The van der Waals surface area contributed by atoms with E-state index in [1.807, 2.05) is 0 Å². The molecule has 2 unspecified atom stereocenters. The first kappa shape index (κ1) is 16.9. The minimum atomic E-state index is 0.354. The maximum Gasteiger partial charge on any atom is 0.0235 e. The molecule has 3 nitrogen and oxygen atoms in total. The minimum absolute atomic E-state index is 0.354.